The van der Waals surface area contributed by atoms with Crippen molar-refractivity contribution >= 4 is 17.5 Å². The highest BCUT2D eigenvalue weighted by Crippen LogP contribution is 2.05. The first-order chi connectivity index (χ1) is 11.7. The second-order valence-electron chi connectivity index (χ2n) is 4.84. The molecule has 0 saturated carbocycles. The van der Waals surface area contributed by atoms with Crippen LogP contribution >= 0.6 is 0 Å². The average Bonchev–Trinajstić information content (AvgIpc) is 3.16. The number of hydrogen-bond donors (Lipinski definition) is 2. The van der Waals surface area contributed by atoms with E-state index in [2.05, 4.69) is 25.6 Å². The fourth-order valence-corrected chi connectivity index (χ4v) is 1.95. The molecule has 0 saturated heterocycles. The van der Waals surface area contributed by atoms with E-state index >= 15 is 0 Å². The molecule has 8 heteroatoms. The maximum absolute atomic E-state index is 11.9. The number of aromatic nitrogens is 4. The lowest BCUT2D eigenvalue weighted by Gasteiger charge is -2.07. The number of rotatable bonds is 5. The molecule has 1 aromatic carbocycles. The third kappa shape index (κ3) is 3.80. The van der Waals surface area contributed by atoms with Crippen molar-refractivity contribution in [2.45, 2.75) is 0 Å². The molecule has 0 bridgehead atoms. The molecule has 0 aliphatic carbocycles. The van der Waals surface area contributed by atoms with Gasteiger partial charge in [0.2, 0.25) is 11.9 Å². The molecule has 2 heterocycles. The summed E-state index contributed by atoms with van der Waals surface area (Å²) in [7, 11) is 0. The number of nitrogens with zero attached hydrogens (tertiary/aromatic N) is 4. The lowest BCUT2D eigenvalue weighted by molar-refractivity contribution is -0.115. The minimum Gasteiger partial charge on any atom is -0.343 e. The van der Waals surface area contributed by atoms with E-state index in [4.69, 9.17) is 0 Å². The Labute approximate surface area is 137 Å². The van der Waals surface area contributed by atoms with Crippen molar-refractivity contribution in [2.75, 3.05) is 11.9 Å². The number of nitrogens with one attached hydrogen (secondary N) is 2. The van der Waals surface area contributed by atoms with Crippen LogP contribution in [-0.2, 0) is 4.79 Å². The Kier molecular flexibility index (Phi) is 4.57. The van der Waals surface area contributed by atoms with Gasteiger partial charge in [-0.2, -0.15) is 0 Å². The van der Waals surface area contributed by atoms with Crippen molar-refractivity contribution < 1.29 is 9.59 Å². The summed E-state index contributed by atoms with van der Waals surface area (Å²) in [6, 6.07) is 8.69. The smallest absolute Gasteiger partial charge is 0.251 e. The van der Waals surface area contributed by atoms with Gasteiger partial charge in [0.1, 0.15) is 6.33 Å². The first-order valence-corrected chi connectivity index (χ1v) is 7.16. The SMILES string of the molecule is O=C(CNC(=O)c1ccccc1)Nc1cnc(-n2ccnc2)nc1. The Hall–Kier alpha value is -3.55. The monoisotopic (exact) mass is 322 g/mol. The van der Waals surface area contributed by atoms with Gasteiger partial charge in [-0.1, -0.05) is 18.2 Å². The molecule has 2 N–H and O–H groups in total. The van der Waals surface area contributed by atoms with Crippen molar-refractivity contribution in [3.05, 3.63) is 67.0 Å². The molecule has 0 fully saturated rings. The van der Waals surface area contributed by atoms with Gasteiger partial charge in [-0.15, -0.1) is 0 Å². The molecule has 2 amide bonds. The summed E-state index contributed by atoms with van der Waals surface area (Å²) in [5, 5.41) is 5.17. The van der Waals surface area contributed by atoms with Crippen LogP contribution in [0.1, 0.15) is 10.4 Å². The lowest BCUT2D eigenvalue weighted by atomic mass is 10.2. The summed E-state index contributed by atoms with van der Waals surface area (Å²) in [5.74, 6) is -0.224. The van der Waals surface area contributed by atoms with Crippen LogP contribution in [0.4, 0.5) is 5.69 Å². The number of imidazole rings is 1. The fraction of sp³-hybridized carbons (Fsp3) is 0.0625. The van der Waals surface area contributed by atoms with E-state index in [1.165, 1.54) is 12.4 Å². The standard InChI is InChI=1S/C16H14N6O2/c23-14(10-18-15(24)12-4-2-1-3-5-12)21-13-8-19-16(20-9-13)22-7-6-17-11-22/h1-9,11H,10H2,(H,18,24)(H,21,23). The van der Waals surface area contributed by atoms with Crippen molar-refractivity contribution in [1.29, 1.82) is 0 Å². The molecule has 3 aromatic rings. The molecular formula is C16H14N6O2. The Morgan fingerprint density at radius 2 is 1.83 bits per heavy atom. The Balaban J connectivity index is 1.52. The summed E-state index contributed by atoms with van der Waals surface area (Å²) < 4.78 is 1.64. The average molecular weight is 322 g/mol. The van der Waals surface area contributed by atoms with E-state index in [1.54, 1.807) is 47.6 Å². The molecule has 3 rings (SSSR count). The van der Waals surface area contributed by atoms with Crippen LogP contribution in [0.15, 0.2) is 61.4 Å². The van der Waals surface area contributed by atoms with Crippen molar-refractivity contribution in [1.82, 2.24) is 24.8 Å². The second-order valence-corrected chi connectivity index (χ2v) is 4.84. The molecule has 0 radical (unpaired) electrons. The van der Waals surface area contributed by atoms with Crippen LogP contribution in [0, 0.1) is 0 Å². The minimum absolute atomic E-state index is 0.142. The molecule has 0 atom stereocenters. The van der Waals surface area contributed by atoms with E-state index in [0.717, 1.165) is 0 Å². The van der Waals surface area contributed by atoms with Gasteiger partial charge in [-0.25, -0.2) is 15.0 Å². The lowest BCUT2D eigenvalue weighted by Crippen LogP contribution is -2.32. The number of carbonyl (C=O) groups is 2. The van der Waals surface area contributed by atoms with Gasteiger partial charge in [-0.05, 0) is 12.1 Å². The van der Waals surface area contributed by atoms with Gasteiger partial charge in [0, 0.05) is 18.0 Å². The highest BCUT2D eigenvalue weighted by molar-refractivity contribution is 5.99. The molecule has 24 heavy (non-hydrogen) atoms. The fourth-order valence-electron chi connectivity index (χ4n) is 1.95. The van der Waals surface area contributed by atoms with Gasteiger partial charge < -0.3 is 10.6 Å². The van der Waals surface area contributed by atoms with E-state index in [0.29, 0.717) is 17.2 Å². The molecule has 0 aliphatic rings. The largest absolute Gasteiger partial charge is 0.343 e. The summed E-state index contributed by atoms with van der Waals surface area (Å²) in [4.78, 5) is 35.9. The molecule has 0 spiro atoms. The zero-order chi connectivity index (χ0) is 16.8. The van der Waals surface area contributed by atoms with Gasteiger partial charge >= 0.3 is 0 Å². The quantitative estimate of drug-likeness (QED) is 0.730. The van der Waals surface area contributed by atoms with E-state index in [9.17, 15) is 9.59 Å². The Bertz CT molecular complexity index is 816. The highest BCUT2D eigenvalue weighted by atomic mass is 16.2. The number of hydrogen-bond acceptors (Lipinski definition) is 5. The maximum Gasteiger partial charge on any atom is 0.251 e. The van der Waals surface area contributed by atoms with Crippen LogP contribution in [0.5, 0.6) is 0 Å². The van der Waals surface area contributed by atoms with Crippen LogP contribution in [-0.4, -0.2) is 37.9 Å². The predicted octanol–water partition coefficient (Wildman–Crippen LogP) is 1.03. The maximum atomic E-state index is 11.9. The topological polar surface area (TPSA) is 102 Å². The van der Waals surface area contributed by atoms with Crippen molar-refractivity contribution in [3.8, 4) is 5.95 Å². The number of carbonyl (C=O) groups excluding carboxylic acids is 2. The summed E-state index contributed by atoms with van der Waals surface area (Å²) in [6.45, 7) is -0.142. The Morgan fingerprint density at radius 3 is 2.50 bits per heavy atom. The molecule has 8 nitrogen and oxygen atoms in total. The predicted molar refractivity (Wildman–Crippen MR) is 86.6 cm³/mol. The van der Waals surface area contributed by atoms with E-state index in [-0.39, 0.29) is 18.4 Å². The summed E-state index contributed by atoms with van der Waals surface area (Å²) >= 11 is 0. The summed E-state index contributed by atoms with van der Waals surface area (Å²) in [6.07, 6.45) is 7.88. The van der Waals surface area contributed by atoms with Crippen molar-refractivity contribution in [3.63, 3.8) is 0 Å². The Morgan fingerprint density at radius 1 is 1.08 bits per heavy atom. The first kappa shape index (κ1) is 15.3. The van der Waals surface area contributed by atoms with Gasteiger partial charge in [0.25, 0.3) is 5.91 Å². The molecule has 0 aliphatic heterocycles. The second kappa shape index (κ2) is 7.14. The van der Waals surface area contributed by atoms with Gasteiger partial charge in [0.15, 0.2) is 0 Å². The van der Waals surface area contributed by atoms with Crippen LogP contribution < -0.4 is 10.6 Å². The number of benzene rings is 1. The van der Waals surface area contributed by atoms with Crippen LogP contribution in [0.3, 0.4) is 0 Å². The van der Waals surface area contributed by atoms with E-state index in [1.807, 2.05) is 6.07 Å². The third-order valence-corrected chi connectivity index (χ3v) is 3.10. The zero-order valence-electron chi connectivity index (χ0n) is 12.6. The van der Waals surface area contributed by atoms with Crippen LogP contribution in [0.2, 0.25) is 0 Å². The summed E-state index contributed by atoms with van der Waals surface area (Å²) in [5.41, 5.74) is 0.941. The molecular weight excluding hydrogens is 308 g/mol. The normalized spacial score (nSPS) is 10.2. The molecule has 2 aromatic heterocycles. The zero-order valence-corrected chi connectivity index (χ0v) is 12.6. The number of anilines is 1. The third-order valence-electron chi connectivity index (χ3n) is 3.10. The van der Waals surface area contributed by atoms with Gasteiger partial charge in [0.05, 0.1) is 24.6 Å². The minimum atomic E-state index is -0.363. The molecule has 0 unspecified atom stereocenters. The molecule has 120 valence electrons. The highest BCUT2D eigenvalue weighted by Gasteiger charge is 2.08. The number of amides is 2. The van der Waals surface area contributed by atoms with Gasteiger partial charge in [-0.3, -0.25) is 14.2 Å². The first-order valence-electron chi connectivity index (χ1n) is 7.16. The van der Waals surface area contributed by atoms with Crippen LogP contribution in [0.25, 0.3) is 5.95 Å². The van der Waals surface area contributed by atoms with E-state index < -0.39 is 0 Å². The van der Waals surface area contributed by atoms with Crippen molar-refractivity contribution in [2.24, 2.45) is 0 Å².